The Morgan fingerprint density at radius 2 is 1.95 bits per heavy atom. The molecule has 1 aromatic rings. The van der Waals surface area contributed by atoms with Crippen LogP contribution in [0, 0.1) is 0 Å². The second-order valence-corrected chi connectivity index (χ2v) is 4.03. The topological polar surface area (TPSA) is 53.7 Å². The van der Waals surface area contributed by atoms with E-state index in [1.165, 1.54) is 7.11 Å². The van der Waals surface area contributed by atoms with E-state index < -0.39 is 12.8 Å². The summed E-state index contributed by atoms with van der Waals surface area (Å²) in [7, 11) is 1.52. The number of ether oxygens (including phenoxy) is 3. The molecule has 1 rings (SSSR count). The molecule has 0 atom stereocenters. The van der Waals surface area contributed by atoms with E-state index in [0.29, 0.717) is 24.5 Å². The van der Waals surface area contributed by atoms with Gasteiger partial charge < -0.3 is 19.9 Å². The lowest BCUT2D eigenvalue weighted by Crippen LogP contribution is -2.19. The molecule has 0 spiro atoms. The van der Waals surface area contributed by atoms with Crippen molar-refractivity contribution < 1.29 is 27.4 Å². The van der Waals surface area contributed by atoms with Gasteiger partial charge in [-0.2, -0.15) is 13.2 Å². The SMILES string of the molecule is COc1ccc(CCN)c(OCCOCC(F)(F)F)c1. The smallest absolute Gasteiger partial charge is 0.411 e. The number of hydrogen-bond donors (Lipinski definition) is 1. The highest BCUT2D eigenvalue weighted by Gasteiger charge is 2.27. The molecule has 0 aliphatic rings. The third-order valence-corrected chi connectivity index (χ3v) is 2.44. The minimum absolute atomic E-state index is 0.0286. The molecule has 114 valence electrons. The third kappa shape index (κ3) is 6.12. The van der Waals surface area contributed by atoms with E-state index in [1.807, 2.05) is 6.07 Å². The average Bonchev–Trinajstić information content (AvgIpc) is 2.39. The third-order valence-electron chi connectivity index (χ3n) is 2.44. The number of methoxy groups -OCH3 is 1. The number of alkyl halides is 3. The molecular weight excluding hydrogens is 275 g/mol. The molecule has 0 amide bonds. The van der Waals surface area contributed by atoms with Crippen LogP contribution in [0.4, 0.5) is 13.2 Å². The molecule has 2 N–H and O–H groups in total. The molecule has 0 saturated heterocycles. The lowest BCUT2D eigenvalue weighted by atomic mass is 10.1. The van der Waals surface area contributed by atoms with Crippen molar-refractivity contribution in [1.29, 1.82) is 0 Å². The molecule has 20 heavy (non-hydrogen) atoms. The minimum atomic E-state index is -4.32. The molecule has 0 bridgehead atoms. The van der Waals surface area contributed by atoms with Crippen LogP contribution in [0.2, 0.25) is 0 Å². The normalized spacial score (nSPS) is 11.4. The van der Waals surface area contributed by atoms with Crippen molar-refractivity contribution in [2.45, 2.75) is 12.6 Å². The Morgan fingerprint density at radius 3 is 2.55 bits per heavy atom. The lowest BCUT2D eigenvalue weighted by molar-refractivity contribution is -0.175. The fourth-order valence-corrected chi connectivity index (χ4v) is 1.56. The molecule has 0 aliphatic heterocycles. The molecule has 0 fully saturated rings. The van der Waals surface area contributed by atoms with E-state index in [4.69, 9.17) is 15.2 Å². The highest BCUT2D eigenvalue weighted by atomic mass is 19.4. The van der Waals surface area contributed by atoms with E-state index in [9.17, 15) is 13.2 Å². The van der Waals surface area contributed by atoms with Gasteiger partial charge in [0.1, 0.15) is 24.7 Å². The number of hydrogen-bond acceptors (Lipinski definition) is 4. The van der Waals surface area contributed by atoms with Crippen LogP contribution in [0.15, 0.2) is 18.2 Å². The Balaban J connectivity index is 2.48. The summed E-state index contributed by atoms with van der Waals surface area (Å²) in [6.45, 7) is -0.934. The van der Waals surface area contributed by atoms with Crippen LogP contribution < -0.4 is 15.2 Å². The Kier molecular flexibility index (Phi) is 6.60. The van der Waals surface area contributed by atoms with E-state index in [-0.39, 0.29) is 13.2 Å². The van der Waals surface area contributed by atoms with Gasteiger partial charge in [-0.3, -0.25) is 0 Å². The largest absolute Gasteiger partial charge is 0.497 e. The van der Waals surface area contributed by atoms with E-state index >= 15 is 0 Å². The number of rotatable bonds is 8. The molecule has 4 nitrogen and oxygen atoms in total. The average molecular weight is 293 g/mol. The number of benzene rings is 1. The first kappa shape index (κ1) is 16.6. The van der Waals surface area contributed by atoms with Crippen LogP contribution >= 0.6 is 0 Å². The first-order chi connectivity index (χ1) is 9.46. The first-order valence-electron chi connectivity index (χ1n) is 6.10. The van der Waals surface area contributed by atoms with Crippen molar-refractivity contribution in [3.8, 4) is 11.5 Å². The minimum Gasteiger partial charge on any atom is -0.497 e. The molecule has 0 aromatic heterocycles. The van der Waals surface area contributed by atoms with Crippen LogP contribution in [0.1, 0.15) is 5.56 Å². The fourth-order valence-electron chi connectivity index (χ4n) is 1.56. The van der Waals surface area contributed by atoms with Crippen LogP contribution in [0.25, 0.3) is 0 Å². The summed E-state index contributed by atoms with van der Waals surface area (Å²) < 4.78 is 50.6. The zero-order valence-electron chi connectivity index (χ0n) is 11.2. The summed E-state index contributed by atoms with van der Waals surface area (Å²) in [5.41, 5.74) is 6.37. The standard InChI is InChI=1S/C13H18F3NO3/c1-18-11-3-2-10(4-5-17)12(8-11)20-7-6-19-9-13(14,15)16/h2-3,8H,4-7,9,17H2,1H3. The fraction of sp³-hybridized carbons (Fsp3) is 0.538. The van der Waals surface area contributed by atoms with Gasteiger partial charge in [-0.1, -0.05) is 6.07 Å². The predicted molar refractivity (Wildman–Crippen MR) is 68.1 cm³/mol. The quantitative estimate of drug-likeness (QED) is 0.746. The summed E-state index contributed by atoms with van der Waals surface area (Å²) in [4.78, 5) is 0. The van der Waals surface area contributed by atoms with Gasteiger partial charge >= 0.3 is 6.18 Å². The molecule has 0 heterocycles. The Morgan fingerprint density at radius 1 is 1.20 bits per heavy atom. The molecule has 0 saturated carbocycles. The molecule has 7 heteroatoms. The maximum atomic E-state index is 11.9. The first-order valence-corrected chi connectivity index (χ1v) is 6.10. The van der Waals surface area contributed by atoms with E-state index in [0.717, 1.165) is 5.56 Å². The van der Waals surface area contributed by atoms with Gasteiger partial charge in [-0.15, -0.1) is 0 Å². The van der Waals surface area contributed by atoms with Crippen molar-refractivity contribution in [3.05, 3.63) is 23.8 Å². The van der Waals surface area contributed by atoms with Crippen molar-refractivity contribution in [3.63, 3.8) is 0 Å². The Hall–Kier alpha value is -1.47. The van der Waals surface area contributed by atoms with Gasteiger partial charge in [0.05, 0.1) is 13.7 Å². The highest BCUT2D eigenvalue weighted by Crippen LogP contribution is 2.25. The van der Waals surface area contributed by atoms with Gasteiger partial charge in [0.15, 0.2) is 0 Å². The van der Waals surface area contributed by atoms with Crippen LogP contribution in [0.3, 0.4) is 0 Å². The Labute approximate surface area is 115 Å². The summed E-state index contributed by atoms with van der Waals surface area (Å²) in [6, 6.07) is 5.27. The van der Waals surface area contributed by atoms with Crippen molar-refractivity contribution >= 4 is 0 Å². The second-order valence-electron chi connectivity index (χ2n) is 4.03. The monoisotopic (exact) mass is 293 g/mol. The number of halogens is 3. The zero-order chi connectivity index (χ0) is 15.0. The van der Waals surface area contributed by atoms with E-state index in [2.05, 4.69) is 4.74 Å². The lowest BCUT2D eigenvalue weighted by Gasteiger charge is -2.13. The predicted octanol–water partition coefficient (Wildman–Crippen LogP) is 2.15. The van der Waals surface area contributed by atoms with Gasteiger partial charge in [-0.25, -0.2) is 0 Å². The van der Waals surface area contributed by atoms with Gasteiger partial charge in [0.2, 0.25) is 0 Å². The maximum absolute atomic E-state index is 11.9. The van der Waals surface area contributed by atoms with E-state index in [1.54, 1.807) is 12.1 Å². The van der Waals surface area contributed by atoms with Crippen molar-refractivity contribution in [2.24, 2.45) is 5.73 Å². The van der Waals surface area contributed by atoms with Gasteiger partial charge in [0.25, 0.3) is 0 Å². The number of nitrogens with two attached hydrogens (primary N) is 1. The van der Waals surface area contributed by atoms with Gasteiger partial charge in [-0.05, 0) is 24.6 Å². The molecule has 0 aliphatic carbocycles. The summed E-state index contributed by atoms with van der Waals surface area (Å²) in [6.07, 6.45) is -3.70. The molecular formula is C13H18F3NO3. The highest BCUT2D eigenvalue weighted by molar-refractivity contribution is 5.40. The maximum Gasteiger partial charge on any atom is 0.411 e. The van der Waals surface area contributed by atoms with Crippen molar-refractivity contribution in [1.82, 2.24) is 0 Å². The van der Waals surface area contributed by atoms with Crippen LogP contribution in [0.5, 0.6) is 11.5 Å². The summed E-state index contributed by atoms with van der Waals surface area (Å²) in [5.74, 6) is 1.15. The second kappa shape index (κ2) is 7.96. The molecule has 1 aromatic carbocycles. The van der Waals surface area contributed by atoms with Crippen LogP contribution in [-0.4, -0.2) is 39.7 Å². The zero-order valence-corrected chi connectivity index (χ0v) is 11.2. The summed E-state index contributed by atoms with van der Waals surface area (Å²) >= 11 is 0. The Bertz CT molecular complexity index is 410. The molecule has 0 unspecified atom stereocenters. The van der Waals surface area contributed by atoms with Crippen molar-refractivity contribution in [2.75, 3.05) is 33.5 Å². The molecule has 0 radical (unpaired) electrons. The van der Waals surface area contributed by atoms with Gasteiger partial charge in [0, 0.05) is 6.07 Å². The summed E-state index contributed by atoms with van der Waals surface area (Å²) in [5, 5.41) is 0. The van der Waals surface area contributed by atoms with Crippen LogP contribution in [-0.2, 0) is 11.2 Å².